The van der Waals surface area contributed by atoms with Crippen molar-refractivity contribution < 1.29 is 9.53 Å². The van der Waals surface area contributed by atoms with Crippen LogP contribution in [0.3, 0.4) is 0 Å². The summed E-state index contributed by atoms with van der Waals surface area (Å²) in [7, 11) is 0. The lowest BCUT2D eigenvalue weighted by Gasteiger charge is -2.10. The van der Waals surface area contributed by atoms with Crippen molar-refractivity contribution in [2.75, 3.05) is 5.32 Å². The van der Waals surface area contributed by atoms with Crippen LogP contribution in [-0.4, -0.2) is 11.1 Å². The summed E-state index contributed by atoms with van der Waals surface area (Å²) in [5.41, 5.74) is 5.14. The molecule has 3 rings (SSSR count). The van der Waals surface area contributed by atoms with Gasteiger partial charge in [0.05, 0.1) is 0 Å². The summed E-state index contributed by atoms with van der Waals surface area (Å²) < 4.78 is 5.31. The van der Waals surface area contributed by atoms with E-state index >= 15 is 0 Å². The molecule has 1 heterocycles. The van der Waals surface area contributed by atoms with Gasteiger partial charge in [-0.25, -0.2) is 4.79 Å². The molecular formula is C21H20N2O2. The number of ether oxygens (including phenoxy) is 1. The Morgan fingerprint density at radius 3 is 2.56 bits per heavy atom. The van der Waals surface area contributed by atoms with Crippen LogP contribution in [0.1, 0.15) is 18.1 Å². The molecule has 3 aromatic rings. The van der Waals surface area contributed by atoms with E-state index in [0.717, 1.165) is 17.5 Å². The molecule has 126 valence electrons. The number of nitrogens with zero attached hydrogens (tertiary/aromatic N) is 1. The second kappa shape index (κ2) is 7.62. The Morgan fingerprint density at radius 2 is 1.84 bits per heavy atom. The van der Waals surface area contributed by atoms with Crippen molar-refractivity contribution >= 4 is 11.8 Å². The fourth-order valence-electron chi connectivity index (χ4n) is 2.66. The summed E-state index contributed by atoms with van der Waals surface area (Å²) in [6, 6.07) is 17.8. The summed E-state index contributed by atoms with van der Waals surface area (Å²) in [4.78, 5) is 16.0. The first-order valence-corrected chi connectivity index (χ1v) is 8.25. The number of pyridine rings is 1. The van der Waals surface area contributed by atoms with Crippen molar-refractivity contribution in [3.8, 4) is 16.9 Å². The van der Waals surface area contributed by atoms with Gasteiger partial charge in [-0.3, -0.25) is 10.3 Å². The van der Waals surface area contributed by atoms with E-state index in [1.54, 1.807) is 18.5 Å². The predicted molar refractivity (Wildman–Crippen MR) is 99.9 cm³/mol. The van der Waals surface area contributed by atoms with E-state index in [-0.39, 0.29) is 0 Å². The van der Waals surface area contributed by atoms with E-state index in [4.69, 9.17) is 4.74 Å². The monoisotopic (exact) mass is 332 g/mol. The zero-order valence-corrected chi connectivity index (χ0v) is 14.3. The first kappa shape index (κ1) is 16.7. The lowest BCUT2D eigenvalue weighted by molar-refractivity contribution is 0.215. The normalized spacial score (nSPS) is 10.3. The molecular weight excluding hydrogens is 312 g/mol. The van der Waals surface area contributed by atoms with Crippen molar-refractivity contribution in [1.29, 1.82) is 0 Å². The molecule has 0 aliphatic carbocycles. The number of carbonyl (C=O) groups excluding carboxylic acids is 1. The van der Waals surface area contributed by atoms with Crippen LogP contribution in [0.4, 0.5) is 10.5 Å². The van der Waals surface area contributed by atoms with E-state index in [1.807, 2.05) is 37.3 Å². The first-order chi connectivity index (χ1) is 12.2. The topological polar surface area (TPSA) is 51.2 Å². The maximum atomic E-state index is 12.0. The van der Waals surface area contributed by atoms with Gasteiger partial charge in [0.25, 0.3) is 0 Å². The number of aryl methyl sites for hydroxylation is 2. The third-order valence-corrected chi connectivity index (χ3v) is 4.01. The lowest BCUT2D eigenvalue weighted by atomic mass is 9.98. The molecule has 25 heavy (non-hydrogen) atoms. The molecule has 0 aliphatic rings. The molecule has 1 N–H and O–H groups in total. The Hall–Kier alpha value is -3.14. The van der Waals surface area contributed by atoms with Gasteiger partial charge in [-0.15, -0.1) is 0 Å². The summed E-state index contributed by atoms with van der Waals surface area (Å²) >= 11 is 0. The predicted octanol–water partition coefficient (Wildman–Crippen LogP) is 5.23. The highest BCUT2D eigenvalue weighted by Crippen LogP contribution is 2.25. The summed E-state index contributed by atoms with van der Waals surface area (Å²) in [5.74, 6) is 0.501. The second-order valence-corrected chi connectivity index (χ2v) is 5.74. The number of carbonyl (C=O) groups is 1. The van der Waals surface area contributed by atoms with Gasteiger partial charge in [0.15, 0.2) is 0 Å². The van der Waals surface area contributed by atoms with Crippen LogP contribution in [-0.2, 0) is 6.42 Å². The van der Waals surface area contributed by atoms with Gasteiger partial charge in [-0.2, -0.15) is 0 Å². The highest BCUT2D eigenvalue weighted by Gasteiger charge is 2.08. The molecule has 0 aliphatic heterocycles. The van der Waals surface area contributed by atoms with Crippen LogP contribution in [0, 0.1) is 6.92 Å². The van der Waals surface area contributed by atoms with Gasteiger partial charge in [0.1, 0.15) is 5.75 Å². The van der Waals surface area contributed by atoms with Crippen molar-refractivity contribution in [3.05, 3.63) is 78.1 Å². The minimum atomic E-state index is -0.518. The number of benzene rings is 2. The van der Waals surface area contributed by atoms with Gasteiger partial charge < -0.3 is 4.74 Å². The molecule has 0 unspecified atom stereocenters. The smallest absolute Gasteiger partial charge is 0.410 e. The summed E-state index contributed by atoms with van der Waals surface area (Å²) in [6.45, 7) is 3.99. The van der Waals surface area contributed by atoms with Gasteiger partial charge in [-0.05, 0) is 48.2 Å². The zero-order valence-electron chi connectivity index (χ0n) is 14.3. The Labute approximate surface area is 147 Å². The molecule has 0 bridgehead atoms. The molecule has 4 heteroatoms. The van der Waals surface area contributed by atoms with Crippen molar-refractivity contribution in [1.82, 2.24) is 4.98 Å². The van der Waals surface area contributed by atoms with Crippen LogP contribution < -0.4 is 10.1 Å². The van der Waals surface area contributed by atoms with Crippen molar-refractivity contribution in [2.24, 2.45) is 0 Å². The van der Waals surface area contributed by atoms with E-state index in [9.17, 15) is 4.79 Å². The maximum Gasteiger partial charge on any atom is 0.417 e. The molecule has 0 saturated heterocycles. The zero-order chi connectivity index (χ0) is 17.6. The number of rotatable bonds is 4. The van der Waals surface area contributed by atoms with Crippen LogP contribution in [0.25, 0.3) is 11.1 Å². The molecule has 4 nitrogen and oxygen atoms in total. The minimum Gasteiger partial charge on any atom is -0.410 e. The van der Waals surface area contributed by atoms with Crippen LogP contribution in [0.15, 0.2) is 67.0 Å². The lowest BCUT2D eigenvalue weighted by Crippen LogP contribution is -2.17. The minimum absolute atomic E-state index is 0.501. The Bertz CT molecular complexity index is 873. The van der Waals surface area contributed by atoms with E-state index < -0.39 is 6.09 Å². The van der Waals surface area contributed by atoms with E-state index in [1.165, 1.54) is 11.1 Å². The van der Waals surface area contributed by atoms with Crippen molar-refractivity contribution in [2.45, 2.75) is 20.3 Å². The third kappa shape index (κ3) is 4.04. The number of hydrogen-bond donors (Lipinski definition) is 1. The molecule has 0 saturated carbocycles. The molecule has 1 amide bonds. The van der Waals surface area contributed by atoms with E-state index in [0.29, 0.717) is 11.4 Å². The van der Waals surface area contributed by atoms with Crippen LogP contribution >= 0.6 is 0 Å². The molecule has 0 radical (unpaired) electrons. The number of hydrogen-bond acceptors (Lipinski definition) is 3. The summed E-state index contributed by atoms with van der Waals surface area (Å²) in [6.07, 6.45) is 3.71. The van der Waals surface area contributed by atoms with Crippen LogP contribution in [0.5, 0.6) is 5.75 Å². The number of nitrogens with one attached hydrogen (secondary N) is 1. The van der Waals surface area contributed by atoms with Gasteiger partial charge in [0, 0.05) is 23.6 Å². The summed E-state index contributed by atoms with van der Waals surface area (Å²) in [5, 5.41) is 2.74. The van der Waals surface area contributed by atoms with Gasteiger partial charge >= 0.3 is 6.09 Å². The number of anilines is 1. The fourth-order valence-corrected chi connectivity index (χ4v) is 2.66. The number of amides is 1. The molecule has 0 spiro atoms. The highest BCUT2D eigenvalue weighted by molar-refractivity contribution is 5.87. The Kier molecular flexibility index (Phi) is 5.09. The molecule has 1 aromatic heterocycles. The fraction of sp³-hybridized carbons (Fsp3) is 0.143. The van der Waals surface area contributed by atoms with E-state index in [2.05, 4.69) is 35.4 Å². The van der Waals surface area contributed by atoms with Gasteiger partial charge in [-0.1, -0.05) is 43.3 Å². The number of aromatic nitrogens is 1. The standard InChI is InChI=1S/C21H20N2O2/c1-3-16-6-4-5-7-19(16)17-8-10-18(11-9-17)23-21(24)25-20-12-13-22-14-15(20)2/h4-14H,3H2,1-2H3,(H,23,24). The maximum absolute atomic E-state index is 12.0. The molecule has 0 atom stereocenters. The Morgan fingerprint density at radius 1 is 1.08 bits per heavy atom. The Balaban J connectivity index is 1.70. The second-order valence-electron chi connectivity index (χ2n) is 5.74. The molecule has 2 aromatic carbocycles. The SMILES string of the molecule is CCc1ccccc1-c1ccc(NC(=O)Oc2ccncc2C)cc1. The average molecular weight is 332 g/mol. The van der Waals surface area contributed by atoms with Crippen molar-refractivity contribution in [3.63, 3.8) is 0 Å². The first-order valence-electron chi connectivity index (χ1n) is 8.25. The average Bonchev–Trinajstić information content (AvgIpc) is 2.64. The van der Waals surface area contributed by atoms with Crippen LogP contribution in [0.2, 0.25) is 0 Å². The third-order valence-electron chi connectivity index (χ3n) is 4.01. The van der Waals surface area contributed by atoms with Gasteiger partial charge in [0.2, 0.25) is 0 Å². The molecule has 0 fully saturated rings. The highest BCUT2D eigenvalue weighted by atomic mass is 16.6. The quantitative estimate of drug-likeness (QED) is 0.711. The largest absolute Gasteiger partial charge is 0.417 e.